The lowest BCUT2D eigenvalue weighted by atomic mass is 9.96. The van der Waals surface area contributed by atoms with Crippen LogP contribution in [0, 0.1) is 0 Å². The molecule has 1 aromatic heterocycles. The fourth-order valence-electron chi connectivity index (χ4n) is 3.39. The highest BCUT2D eigenvalue weighted by molar-refractivity contribution is 6.31. The van der Waals surface area contributed by atoms with Crippen LogP contribution in [0.5, 0.6) is 0 Å². The minimum atomic E-state index is 0.151. The second-order valence-corrected chi connectivity index (χ2v) is 7.17. The SMILES string of the molecule is Nc1ccc(CC(=O)N2CCC(c3nc4cc(Cl)ccc4o3)CC2)cc1. The number of anilines is 1. The van der Waals surface area contributed by atoms with Gasteiger partial charge in [0.1, 0.15) is 5.52 Å². The lowest BCUT2D eigenvalue weighted by molar-refractivity contribution is -0.131. The normalized spacial score (nSPS) is 15.5. The van der Waals surface area contributed by atoms with E-state index in [4.69, 9.17) is 21.8 Å². The second-order valence-electron chi connectivity index (χ2n) is 6.74. The molecule has 1 amide bonds. The number of nitrogens with zero attached hydrogens (tertiary/aromatic N) is 2. The molecule has 0 bridgehead atoms. The van der Waals surface area contributed by atoms with Gasteiger partial charge in [0.05, 0.1) is 6.42 Å². The highest BCUT2D eigenvalue weighted by atomic mass is 35.5. The van der Waals surface area contributed by atoms with E-state index in [0.717, 1.165) is 48.5 Å². The zero-order valence-corrected chi connectivity index (χ0v) is 15.1. The number of carbonyl (C=O) groups is 1. The number of nitrogens with two attached hydrogens (primary N) is 1. The molecule has 5 nitrogen and oxygen atoms in total. The maximum absolute atomic E-state index is 12.5. The van der Waals surface area contributed by atoms with E-state index < -0.39 is 0 Å². The van der Waals surface area contributed by atoms with Gasteiger partial charge in [0, 0.05) is 29.7 Å². The zero-order chi connectivity index (χ0) is 18.1. The number of aromatic nitrogens is 1. The van der Waals surface area contributed by atoms with Gasteiger partial charge in [-0.1, -0.05) is 23.7 Å². The molecule has 26 heavy (non-hydrogen) atoms. The van der Waals surface area contributed by atoms with Crippen molar-refractivity contribution < 1.29 is 9.21 Å². The smallest absolute Gasteiger partial charge is 0.226 e. The van der Waals surface area contributed by atoms with E-state index in [9.17, 15) is 4.79 Å². The van der Waals surface area contributed by atoms with Crippen LogP contribution in [0.15, 0.2) is 46.9 Å². The zero-order valence-electron chi connectivity index (χ0n) is 14.3. The lowest BCUT2D eigenvalue weighted by Gasteiger charge is -2.30. The fourth-order valence-corrected chi connectivity index (χ4v) is 3.56. The van der Waals surface area contributed by atoms with Gasteiger partial charge < -0.3 is 15.1 Å². The molecule has 1 aliphatic heterocycles. The number of carbonyl (C=O) groups excluding carboxylic acids is 1. The van der Waals surface area contributed by atoms with E-state index in [0.29, 0.717) is 17.1 Å². The summed E-state index contributed by atoms with van der Waals surface area (Å²) in [5.41, 5.74) is 8.93. The molecule has 2 heterocycles. The molecular formula is C20H20ClN3O2. The van der Waals surface area contributed by atoms with Crippen molar-refractivity contribution in [2.45, 2.75) is 25.2 Å². The molecule has 6 heteroatoms. The van der Waals surface area contributed by atoms with Crippen LogP contribution in [0.4, 0.5) is 5.69 Å². The van der Waals surface area contributed by atoms with E-state index in [1.54, 1.807) is 6.07 Å². The molecule has 0 saturated carbocycles. The van der Waals surface area contributed by atoms with Crippen LogP contribution in [0.2, 0.25) is 5.02 Å². The average molecular weight is 370 g/mol. The van der Waals surface area contributed by atoms with Crippen LogP contribution in [0.3, 0.4) is 0 Å². The third-order valence-electron chi connectivity index (χ3n) is 4.90. The number of oxazole rings is 1. The monoisotopic (exact) mass is 369 g/mol. The first-order valence-electron chi connectivity index (χ1n) is 8.76. The molecule has 1 fully saturated rings. The van der Waals surface area contributed by atoms with Crippen LogP contribution in [-0.2, 0) is 11.2 Å². The number of amides is 1. The first-order chi connectivity index (χ1) is 12.6. The summed E-state index contributed by atoms with van der Waals surface area (Å²) >= 11 is 6.01. The van der Waals surface area contributed by atoms with Gasteiger partial charge >= 0.3 is 0 Å². The first-order valence-corrected chi connectivity index (χ1v) is 9.14. The van der Waals surface area contributed by atoms with Gasteiger partial charge in [-0.25, -0.2) is 4.98 Å². The predicted molar refractivity (Wildman–Crippen MR) is 102 cm³/mol. The van der Waals surface area contributed by atoms with Crippen molar-refractivity contribution in [1.82, 2.24) is 9.88 Å². The molecule has 0 unspecified atom stereocenters. The van der Waals surface area contributed by atoms with E-state index in [1.807, 2.05) is 41.3 Å². The average Bonchev–Trinajstić information content (AvgIpc) is 3.07. The van der Waals surface area contributed by atoms with Crippen molar-refractivity contribution in [3.05, 3.63) is 58.9 Å². The summed E-state index contributed by atoms with van der Waals surface area (Å²) in [4.78, 5) is 19.0. The molecule has 0 radical (unpaired) electrons. The van der Waals surface area contributed by atoms with E-state index in [2.05, 4.69) is 4.98 Å². The summed E-state index contributed by atoms with van der Waals surface area (Å²) in [6.45, 7) is 1.44. The standard InChI is InChI=1S/C20H20ClN3O2/c21-15-3-6-18-17(12-15)23-20(26-18)14-7-9-24(10-8-14)19(25)11-13-1-4-16(22)5-2-13/h1-6,12,14H,7-11,22H2. The summed E-state index contributed by atoms with van der Waals surface area (Å²) in [5.74, 6) is 1.13. The van der Waals surface area contributed by atoms with Crippen LogP contribution >= 0.6 is 11.6 Å². The third-order valence-corrected chi connectivity index (χ3v) is 5.13. The van der Waals surface area contributed by atoms with Crippen molar-refractivity contribution in [3.63, 3.8) is 0 Å². The molecule has 134 valence electrons. The van der Waals surface area contributed by atoms with Gasteiger partial charge in [0.25, 0.3) is 0 Å². The number of rotatable bonds is 3. The summed E-state index contributed by atoms with van der Waals surface area (Å²) in [5, 5.41) is 0.653. The largest absolute Gasteiger partial charge is 0.440 e. The Kier molecular flexibility index (Phi) is 4.55. The van der Waals surface area contributed by atoms with Crippen molar-refractivity contribution in [3.8, 4) is 0 Å². The van der Waals surface area contributed by atoms with E-state index in [-0.39, 0.29) is 11.8 Å². The molecule has 0 atom stereocenters. The van der Waals surface area contributed by atoms with Crippen LogP contribution in [0.25, 0.3) is 11.1 Å². The molecule has 2 aromatic carbocycles. The van der Waals surface area contributed by atoms with Crippen LogP contribution < -0.4 is 5.73 Å². The Balaban J connectivity index is 1.38. The quantitative estimate of drug-likeness (QED) is 0.708. The summed E-state index contributed by atoms with van der Waals surface area (Å²) in [6, 6.07) is 12.9. The molecule has 1 aliphatic rings. The van der Waals surface area contributed by atoms with E-state index in [1.165, 1.54) is 0 Å². The Hall–Kier alpha value is -2.53. The summed E-state index contributed by atoms with van der Waals surface area (Å²) < 4.78 is 5.88. The molecule has 3 aromatic rings. The van der Waals surface area contributed by atoms with Gasteiger partial charge in [0.2, 0.25) is 5.91 Å². The van der Waals surface area contributed by atoms with Crippen molar-refractivity contribution in [1.29, 1.82) is 0 Å². The van der Waals surface area contributed by atoms with Crippen molar-refractivity contribution >= 4 is 34.3 Å². The number of nitrogen functional groups attached to an aromatic ring is 1. The lowest BCUT2D eigenvalue weighted by Crippen LogP contribution is -2.38. The Morgan fingerprint density at radius 1 is 1.19 bits per heavy atom. The molecule has 0 aliphatic carbocycles. The number of benzene rings is 2. The Labute approximate surface area is 156 Å². The number of piperidine rings is 1. The van der Waals surface area contributed by atoms with Crippen LogP contribution in [-0.4, -0.2) is 28.9 Å². The Morgan fingerprint density at radius 3 is 2.65 bits per heavy atom. The number of halogens is 1. The Bertz CT molecular complexity index is 928. The van der Waals surface area contributed by atoms with Gasteiger partial charge in [-0.05, 0) is 48.7 Å². The molecule has 1 saturated heterocycles. The molecular weight excluding hydrogens is 350 g/mol. The topological polar surface area (TPSA) is 72.4 Å². The molecule has 0 spiro atoms. The van der Waals surface area contributed by atoms with E-state index >= 15 is 0 Å². The van der Waals surface area contributed by atoms with Gasteiger partial charge in [0.15, 0.2) is 11.5 Å². The fraction of sp³-hybridized carbons (Fsp3) is 0.300. The first kappa shape index (κ1) is 16.9. The third kappa shape index (κ3) is 3.53. The number of fused-ring (bicyclic) bond motifs is 1. The van der Waals surface area contributed by atoms with Crippen molar-refractivity contribution in [2.24, 2.45) is 0 Å². The van der Waals surface area contributed by atoms with Gasteiger partial charge in [-0.15, -0.1) is 0 Å². The van der Waals surface area contributed by atoms with Crippen LogP contribution in [0.1, 0.15) is 30.2 Å². The minimum Gasteiger partial charge on any atom is -0.440 e. The molecule has 2 N–H and O–H groups in total. The summed E-state index contributed by atoms with van der Waals surface area (Å²) in [7, 11) is 0. The summed E-state index contributed by atoms with van der Waals surface area (Å²) in [6.07, 6.45) is 2.12. The number of hydrogen-bond donors (Lipinski definition) is 1. The van der Waals surface area contributed by atoms with Gasteiger partial charge in [-0.3, -0.25) is 4.79 Å². The number of likely N-dealkylation sites (tertiary alicyclic amines) is 1. The second kappa shape index (κ2) is 7.00. The minimum absolute atomic E-state index is 0.151. The molecule has 4 rings (SSSR count). The predicted octanol–water partition coefficient (Wildman–Crippen LogP) is 4.01. The number of hydrogen-bond acceptors (Lipinski definition) is 4. The maximum atomic E-state index is 12.5. The Morgan fingerprint density at radius 2 is 1.92 bits per heavy atom. The van der Waals surface area contributed by atoms with Crippen molar-refractivity contribution in [2.75, 3.05) is 18.8 Å². The maximum Gasteiger partial charge on any atom is 0.226 e. The highest BCUT2D eigenvalue weighted by Gasteiger charge is 2.27. The highest BCUT2D eigenvalue weighted by Crippen LogP contribution is 2.31. The van der Waals surface area contributed by atoms with Gasteiger partial charge in [-0.2, -0.15) is 0 Å².